The molecule has 0 atom stereocenters. The van der Waals surface area contributed by atoms with Crippen molar-refractivity contribution in [2.75, 3.05) is 13.1 Å². The van der Waals surface area contributed by atoms with E-state index in [1.807, 2.05) is 65.6 Å². The Morgan fingerprint density at radius 1 is 0.931 bits per heavy atom. The van der Waals surface area contributed by atoms with Gasteiger partial charge in [0.1, 0.15) is 0 Å². The molecule has 0 unspecified atom stereocenters. The molecule has 4 rings (SSSR count). The number of fused-ring (bicyclic) bond motifs is 1. The zero-order valence-electron chi connectivity index (χ0n) is 16.7. The number of hydrogen-bond acceptors (Lipinski definition) is 2. The van der Waals surface area contributed by atoms with Crippen molar-refractivity contribution in [3.63, 3.8) is 0 Å². The number of benzene rings is 3. The van der Waals surface area contributed by atoms with Crippen LogP contribution in [0.15, 0.2) is 66.7 Å². The minimum Gasteiger partial charge on any atom is -0.352 e. The predicted molar refractivity (Wildman–Crippen MR) is 116 cm³/mol. The van der Waals surface area contributed by atoms with E-state index >= 15 is 0 Å². The van der Waals surface area contributed by atoms with Crippen molar-refractivity contribution in [2.45, 2.75) is 26.3 Å². The highest BCUT2D eigenvalue weighted by Crippen LogP contribution is 2.24. The molecule has 2 amide bonds. The van der Waals surface area contributed by atoms with Gasteiger partial charge >= 0.3 is 0 Å². The van der Waals surface area contributed by atoms with E-state index in [0.717, 1.165) is 21.9 Å². The van der Waals surface area contributed by atoms with Gasteiger partial charge in [0.05, 0.1) is 0 Å². The minimum atomic E-state index is -0.0319. The maximum atomic E-state index is 13.1. The van der Waals surface area contributed by atoms with Gasteiger partial charge in [0, 0.05) is 31.1 Å². The van der Waals surface area contributed by atoms with Gasteiger partial charge in [-0.3, -0.25) is 9.59 Å². The summed E-state index contributed by atoms with van der Waals surface area (Å²) in [5.74, 6) is 0.113. The smallest absolute Gasteiger partial charge is 0.254 e. The average molecular weight is 386 g/mol. The molecule has 29 heavy (non-hydrogen) atoms. The number of hydrogen-bond donors (Lipinski definition) is 1. The molecule has 3 aromatic rings. The lowest BCUT2D eigenvalue weighted by molar-refractivity contribution is -0.126. The number of piperidine rings is 1. The minimum absolute atomic E-state index is 0.0319. The van der Waals surface area contributed by atoms with Crippen LogP contribution in [0, 0.1) is 12.8 Å². The summed E-state index contributed by atoms with van der Waals surface area (Å²) in [6.07, 6.45) is 1.41. The van der Waals surface area contributed by atoms with Crippen LogP contribution >= 0.6 is 0 Å². The second-order valence-electron chi connectivity index (χ2n) is 7.74. The van der Waals surface area contributed by atoms with E-state index in [1.54, 1.807) is 0 Å². The summed E-state index contributed by atoms with van der Waals surface area (Å²) < 4.78 is 0. The summed E-state index contributed by atoms with van der Waals surface area (Å²) in [5, 5.41) is 5.12. The highest BCUT2D eigenvalue weighted by molar-refractivity contribution is 6.07. The van der Waals surface area contributed by atoms with Crippen molar-refractivity contribution in [1.29, 1.82) is 0 Å². The standard InChI is InChI=1S/C25H26N2O2/c1-18-7-2-3-9-21(18)17-26-24(28)20-13-15-27(16-14-20)25(29)23-12-6-10-19-8-4-5-11-22(19)23/h2-12,20H,13-17H2,1H3,(H,26,28). The van der Waals surface area contributed by atoms with Crippen LogP contribution in [-0.4, -0.2) is 29.8 Å². The molecule has 0 radical (unpaired) electrons. The number of nitrogens with zero attached hydrogens (tertiary/aromatic N) is 1. The van der Waals surface area contributed by atoms with Crippen molar-refractivity contribution < 1.29 is 9.59 Å². The molecule has 1 aliphatic heterocycles. The molecule has 4 nitrogen and oxygen atoms in total. The van der Waals surface area contributed by atoms with Gasteiger partial charge in [0.2, 0.25) is 5.91 Å². The Morgan fingerprint density at radius 2 is 1.62 bits per heavy atom. The third kappa shape index (κ3) is 4.16. The molecular weight excluding hydrogens is 360 g/mol. The number of carbonyl (C=O) groups excluding carboxylic acids is 2. The molecule has 3 aromatic carbocycles. The summed E-state index contributed by atoms with van der Waals surface area (Å²) in [6, 6.07) is 21.9. The summed E-state index contributed by atoms with van der Waals surface area (Å²) in [6.45, 7) is 3.84. The third-order valence-corrected chi connectivity index (χ3v) is 5.89. The normalized spacial score (nSPS) is 14.7. The van der Waals surface area contributed by atoms with Crippen molar-refractivity contribution in [1.82, 2.24) is 10.2 Å². The van der Waals surface area contributed by atoms with E-state index in [2.05, 4.69) is 18.3 Å². The molecule has 0 bridgehead atoms. The van der Waals surface area contributed by atoms with Crippen LogP contribution < -0.4 is 5.32 Å². The van der Waals surface area contributed by atoms with Crippen LogP contribution in [0.25, 0.3) is 10.8 Å². The fraction of sp³-hybridized carbons (Fsp3) is 0.280. The van der Waals surface area contributed by atoms with Crippen molar-refractivity contribution in [3.05, 3.63) is 83.4 Å². The Labute approximate surface area is 171 Å². The maximum Gasteiger partial charge on any atom is 0.254 e. The lowest BCUT2D eigenvalue weighted by Crippen LogP contribution is -2.43. The molecule has 0 aliphatic carbocycles. The number of rotatable bonds is 4. The Bertz CT molecular complexity index is 1030. The van der Waals surface area contributed by atoms with Gasteiger partial charge < -0.3 is 10.2 Å². The monoisotopic (exact) mass is 386 g/mol. The Hall–Kier alpha value is -3.14. The number of carbonyl (C=O) groups is 2. The second kappa shape index (κ2) is 8.48. The Kier molecular flexibility index (Phi) is 5.61. The lowest BCUT2D eigenvalue weighted by atomic mass is 9.94. The molecule has 0 spiro atoms. The van der Waals surface area contributed by atoms with Crippen LogP contribution in [0.2, 0.25) is 0 Å². The molecule has 1 fully saturated rings. The van der Waals surface area contributed by atoms with Gasteiger partial charge in [-0.2, -0.15) is 0 Å². The molecular formula is C25H26N2O2. The third-order valence-electron chi connectivity index (χ3n) is 5.89. The van der Waals surface area contributed by atoms with Crippen LogP contribution in [0.5, 0.6) is 0 Å². The van der Waals surface area contributed by atoms with Crippen LogP contribution in [0.3, 0.4) is 0 Å². The first-order chi connectivity index (χ1) is 14.1. The molecule has 0 aromatic heterocycles. The maximum absolute atomic E-state index is 13.1. The zero-order valence-corrected chi connectivity index (χ0v) is 16.7. The Morgan fingerprint density at radius 3 is 2.41 bits per heavy atom. The highest BCUT2D eigenvalue weighted by atomic mass is 16.2. The molecule has 148 valence electrons. The van der Waals surface area contributed by atoms with Crippen LogP contribution in [0.4, 0.5) is 0 Å². The largest absolute Gasteiger partial charge is 0.352 e. The number of nitrogens with one attached hydrogen (secondary N) is 1. The van der Waals surface area contributed by atoms with Crippen molar-refractivity contribution >= 4 is 22.6 Å². The SMILES string of the molecule is Cc1ccccc1CNC(=O)C1CCN(C(=O)c2cccc3ccccc23)CC1. The first kappa shape index (κ1) is 19.2. The molecule has 4 heteroatoms. The van der Waals surface area contributed by atoms with Crippen LogP contribution in [0.1, 0.15) is 34.3 Å². The average Bonchev–Trinajstić information content (AvgIpc) is 2.77. The predicted octanol–water partition coefficient (Wildman–Crippen LogP) is 4.32. The molecule has 1 saturated heterocycles. The fourth-order valence-corrected chi connectivity index (χ4v) is 4.06. The van der Waals surface area contributed by atoms with Gasteiger partial charge in [-0.05, 0) is 47.7 Å². The van der Waals surface area contributed by atoms with E-state index in [-0.39, 0.29) is 17.7 Å². The van der Waals surface area contributed by atoms with E-state index in [0.29, 0.717) is 32.5 Å². The fourth-order valence-electron chi connectivity index (χ4n) is 4.06. The summed E-state index contributed by atoms with van der Waals surface area (Å²) in [4.78, 5) is 27.5. The van der Waals surface area contributed by atoms with Gasteiger partial charge in [-0.15, -0.1) is 0 Å². The Balaban J connectivity index is 1.36. The summed E-state index contributed by atoms with van der Waals surface area (Å²) in [7, 11) is 0. The van der Waals surface area contributed by atoms with E-state index in [1.165, 1.54) is 5.56 Å². The van der Waals surface area contributed by atoms with Gasteiger partial charge in [-0.1, -0.05) is 60.7 Å². The van der Waals surface area contributed by atoms with Crippen LogP contribution in [-0.2, 0) is 11.3 Å². The molecule has 0 saturated carbocycles. The van der Waals surface area contributed by atoms with Gasteiger partial charge in [-0.25, -0.2) is 0 Å². The van der Waals surface area contributed by atoms with Crippen molar-refractivity contribution in [2.24, 2.45) is 5.92 Å². The number of aryl methyl sites for hydroxylation is 1. The molecule has 1 N–H and O–H groups in total. The second-order valence-corrected chi connectivity index (χ2v) is 7.74. The highest BCUT2D eigenvalue weighted by Gasteiger charge is 2.28. The lowest BCUT2D eigenvalue weighted by Gasteiger charge is -2.31. The van der Waals surface area contributed by atoms with Gasteiger partial charge in [0.15, 0.2) is 0 Å². The summed E-state index contributed by atoms with van der Waals surface area (Å²) in [5.41, 5.74) is 3.07. The first-order valence-corrected chi connectivity index (χ1v) is 10.2. The topological polar surface area (TPSA) is 49.4 Å². The number of likely N-dealkylation sites (tertiary alicyclic amines) is 1. The van der Waals surface area contributed by atoms with E-state index in [4.69, 9.17) is 0 Å². The summed E-state index contributed by atoms with van der Waals surface area (Å²) >= 11 is 0. The zero-order chi connectivity index (χ0) is 20.2. The van der Waals surface area contributed by atoms with E-state index < -0.39 is 0 Å². The van der Waals surface area contributed by atoms with Crippen molar-refractivity contribution in [3.8, 4) is 0 Å². The molecule has 1 heterocycles. The first-order valence-electron chi connectivity index (χ1n) is 10.2. The number of amides is 2. The quantitative estimate of drug-likeness (QED) is 0.726. The van der Waals surface area contributed by atoms with E-state index in [9.17, 15) is 9.59 Å². The van der Waals surface area contributed by atoms with Gasteiger partial charge in [0.25, 0.3) is 5.91 Å². The molecule has 1 aliphatic rings.